The van der Waals surface area contributed by atoms with Crippen LogP contribution in [0.3, 0.4) is 0 Å². The van der Waals surface area contributed by atoms with Crippen molar-refractivity contribution in [3.8, 4) is 0 Å². The maximum atomic E-state index is 12.7. The van der Waals surface area contributed by atoms with Gasteiger partial charge in [0.15, 0.2) is 0 Å². The molecule has 0 radical (unpaired) electrons. The second kappa shape index (κ2) is 12.1. The quantitative estimate of drug-likeness (QED) is 0.224. The normalized spacial score (nSPS) is 12.0. The lowest BCUT2D eigenvalue weighted by molar-refractivity contribution is 0.0279. The molecule has 0 saturated carbocycles. The fraction of sp³-hybridized carbons (Fsp3) is 0.231. The average Bonchev–Trinajstić information content (AvgIpc) is 2.85. The maximum absolute atomic E-state index is 12.7. The molecular formula is C26H26O7S. The van der Waals surface area contributed by atoms with Gasteiger partial charge in [-0.05, 0) is 56.2 Å². The summed E-state index contributed by atoms with van der Waals surface area (Å²) in [6.45, 7) is 1.63. The molecule has 0 unspecified atom stereocenters. The number of carbonyl (C=O) groups excluding carboxylic acids is 2. The fourth-order valence-corrected chi connectivity index (χ4v) is 4.15. The van der Waals surface area contributed by atoms with E-state index in [0.29, 0.717) is 17.5 Å². The predicted octanol–water partition coefficient (Wildman–Crippen LogP) is 4.56. The molecule has 3 aromatic carbocycles. The number of hydrogen-bond donors (Lipinski definition) is 0. The number of rotatable bonds is 11. The highest BCUT2D eigenvalue weighted by Gasteiger charge is 2.23. The number of carbonyl (C=O) groups is 2. The summed E-state index contributed by atoms with van der Waals surface area (Å²) < 4.78 is 41.4. The summed E-state index contributed by atoms with van der Waals surface area (Å²) >= 11 is 0. The van der Waals surface area contributed by atoms with Crippen molar-refractivity contribution in [1.29, 1.82) is 0 Å². The molecule has 0 N–H and O–H groups in total. The van der Waals surface area contributed by atoms with Crippen LogP contribution in [0.2, 0.25) is 0 Å². The molecule has 0 saturated heterocycles. The molecule has 3 aromatic rings. The largest absolute Gasteiger partial charge is 0.462 e. The lowest BCUT2D eigenvalue weighted by Gasteiger charge is -2.18. The minimum absolute atomic E-state index is 0.00740. The van der Waals surface area contributed by atoms with Crippen LogP contribution in [-0.2, 0) is 23.8 Å². The molecule has 3 rings (SSSR count). The molecule has 178 valence electrons. The highest BCUT2D eigenvalue weighted by atomic mass is 32.2. The van der Waals surface area contributed by atoms with E-state index in [0.717, 1.165) is 5.56 Å². The van der Waals surface area contributed by atoms with Crippen LogP contribution in [0, 0.1) is 6.92 Å². The minimum atomic E-state index is -4.08. The van der Waals surface area contributed by atoms with Crippen LogP contribution in [0.25, 0.3) is 0 Å². The number of benzene rings is 3. The van der Waals surface area contributed by atoms with Crippen LogP contribution in [0.15, 0.2) is 89.8 Å². The Hall–Kier alpha value is -3.49. The molecule has 0 bridgehead atoms. The SMILES string of the molecule is Cc1ccc(S(=O)(=O)O[C@H](CCCOC(=O)c2ccccc2)COC(=O)c2ccccc2)cc1. The van der Waals surface area contributed by atoms with Crippen molar-refractivity contribution < 1.29 is 31.7 Å². The molecule has 0 aliphatic heterocycles. The summed E-state index contributed by atoms with van der Waals surface area (Å²) in [6.07, 6.45) is -0.445. The molecule has 1 atom stereocenters. The van der Waals surface area contributed by atoms with E-state index in [9.17, 15) is 18.0 Å². The molecule has 7 nitrogen and oxygen atoms in total. The third kappa shape index (κ3) is 7.54. The maximum Gasteiger partial charge on any atom is 0.338 e. The lowest BCUT2D eigenvalue weighted by Crippen LogP contribution is -2.26. The van der Waals surface area contributed by atoms with Crippen LogP contribution < -0.4 is 0 Å². The molecular weight excluding hydrogens is 456 g/mol. The van der Waals surface area contributed by atoms with Crippen molar-refractivity contribution in [2.45, 2.75) is 30.8 Å². The Labute approximate surface area is 199 Å². The summed E-state index contributed by atoms with van der Waals surface area (Å²) in [4.78, 5) is 24.4. The average molecular weight is 483 g/mol. The Morgan fingerprint density at radius 2 is 1.29 bits per heavy atom. The highest BCUT2D eigenvalue weighted by molar-refractivity contribution is 7.86. The summed E-state index contributed by atoms with van der Waals surface area (Å²) in [6, 6.07) is 23.2. The van der Waals surface area contributed by atoms with Gasteiger partial charge in [0.1, 0.15) is 12.7 Å². The molecule has 0 amide bonds. The minimum Gasteiger partial charge on any atom is -0.462 e. The van der Waals surface area contributed by atoms with Gasteiger partial charge in [0.25, 0.3) is 10.1 Å². The van der Waals surface area contributed by atoms with Gasteiger partial charge in [0.2, 0.25) is 0 Å². The molecule has 0 aliphatic carbocycles. The smallest absolute Gasteiger partial charge is 0.338 e. The van der Waals surface area contributed by atoms with E-state index in [4.69, 9.17) is 13.7 Å². The predicted molar refractivity (Wildman–Crippen MR) is 126 cm³/mol. The van der Waals surface area contributed by atoms with Gasteiger partial charge in [0.05, 0.1) is 22.6 Å². The van der Waals surface area contributed by atoms with E-state index in [1.54, 1.807) is 72.8 Å². The van der Waals surface area contributed by atoms with Crippen LogP contribution in [0.5, 0.6) is 0 Å². The fourth-order valence-electron chi connectivity index (χ4n) is 3.06. The van der Waals surface area contributed by atoms with E-state index in [-0.39, 0.29) is 24.5 Å². The van der Waals surface area contributed by atoms with Crippen molar-refractivity contribution in [3.05, 3.63) is 102 Å². The Balaban J connectivity index is 1.61. The zero-order valence-corrected chi connectivity index (χ0v) is 19.6. The highest BCUT2D eigenvalue weighted by Crippen LogP contribution is 2.18. The third-order valence-electron chi connectivity index (χ3n) is 4.90. The monoisotopic (exact) mass is 482 g/mol. The van der Waals surface area contributed by atoms with E-state index in [1.165, 1.54) is 12.1 Å². The van der Waals surface area contributed by atoms with Gasteiger partial charge in [-0.15, -0.1) is 0 Å². The van der Waals surface area contributed by atoms with Crippen molar-refractivity contribution in [2.75, 3.05) is 13.2 Å². The Kier molecular flexibility index (Phi) is 8.95. The van der Waals surface area contributed by atoms with Gasteiger partial charge in [-0.3, -0.25) is 4.18 Å². The van der Waals surface area contributed by atoms with Crippen LogP contribution in [0.4, 0.5) is 0 Å². The van der Waals surface area contributed by atoms with Crippen LogP contribution in [0.1, 0.15) is 39.1 Å². The van der Waals surface area contributed by atoms with Crippen molar-refractivity contribution in [3.63, 3.8) is 0 Å². The van der Waals surface area contributed by atoms with Gasteiger partial charge >= 0.3 is 11.9 Å². The summed E-state index contributed by atoms with van der Waals surface area (Å²) in [5.74, 6) is -1.06. The van der Waals surface area contributed by atoms with Crippen molar-refractivity contribution in [1.82, 2.24) is 0 Å². The van der Waals surface area contributed by atoms with Crippen molar-refractivity contribution >= 4 is 22.1 Å². The second-order valence-corrected chi connectivity index (χ2v) is 9.17. The number of hydrogen-bond acceptors (Lipinski definition) is 7. The molecule has 34 heavy (non-hydrogen) atoms. The zero-order chi connectivity index (χ0) is 24.4. The van der Waals surface area contributed by atoms with Gasteiger partial charge < -0.3 is 9.47 Å². The van der Waals surface area contributed by atoms with E-state index in [2.05, 4.69) is 0 Å². The summed E-state index contributed by atoms with van der Waals surface area (Å²) in [7, 11) is -4.08. The Morgan fingerprint density at radius 1 is 0.765 bits per heavy atom. The van der Waals surface area contributed by atoms with E-state index in [1.807, 2.05) is 6.92 Å². The summed E-state index contributed by atoms with van der Waals surface area (Å²) in [5, 5.41) is 0. The number of aryl methyl sites for hydroxylation is 1. The molecule has 0 spiro atoms. The number of ether oxygens (including phenoxy) is 2. The van der Waals surface area contributed by atoms with E-state index >= 15 is 0 Å². The molecule has 0 aromatic heterocycles. The first kappa shape index (κ1) is 25.1. The Morgan fingerprint density at radius 3 is 1.85 bits per heavy atom. The van der Waals surface area contributed by atoms with Gasteiger partial charge in [-0.1, -0.05) is 54.1 Å². The number of esters is 2. The van der Waals surface area contributed by atoms with Crippen LogP contribution >= 0.6 is 0 Å². The summed E-state index contributed by atoms with van der Waals surface area (Å²) in [5.41, 5.74) is 1.68. The van der Waals surface area contributed by atoms with Gasteiger partial charge in [-0.2, -0.15) is 8.42 Å². The molecule has 0 fully saturated rings. The van der Waals surface area contributed by atoms with Gasteiger partial charge in [-0.25, -0.2) is 9.59 Å². The Bertz CT molecular complexity index is 1170. The molecule has 8 heteroatoms. The first-order valence-corrected chi connectivity index (χ1v) is 12.2. The van der Waals surface area contributed by atoms with Crippen LogP contribution in [-0.4, -0.2) is 39.7 Å². The second-order valence-electron chi connectivity index (χ2n) is 7.59. The lowest BCUT2D eigenvalue weighted by atomic mass is 10.2. The first-order valence-electron chi connectivity index (χ1n) is 10.8. The standard InChI is InChI=1S/C26H26O7S/c1-20-14-16-24(17-15-20)34(29,30)33-23(19-32-26(28)22-11-6-3-7-12-22)13-8-18-31-25(27)21-9-4-2-5-10-21/h2-7,9-12,14-17,23H,8,13,18-19H2,1H3/t23-/m1/s1. The molecule has 0 aliphatic rings. The third-order valence-corrected chi connectivity index (χ3v) is 6.27. The van der Waals surface area contributed by atoms with Gasteiger partial charge in [0, 0.05) is 0 Å². The zero-order valence-electron chi connectivity index (χ0n) is 18.8. The van der Waals surface area contributed by atoms with Crippen molar-refractivity contribution in [2.24, 2.45) is 0 Å². The first-order chi connectivity index (χ1) is 16.3. The molecule has 0 heterocycles. The van der Waals surface area contributed by atoms with E-state index < -0.39 is 28.2 Å². The topological polar surface area (TPSA) is 96.0 Å².